The second-order valence-electron chi connectivity index (χ2n) is 17.0. The van der Waals surface area contributed by atoms with E-state index < -0.39 is 17.1 Å². The van der Waals surface area contributed by atoms with E-state index in [1.165, 1.54) is 0 Å². The average Bonchev–Trinajstić information content (AvgIpc) is 4.09. The summed E-state index contributed by atoms with van der Waals surface area (Å²) in [5.74, 6) is -0.0550. The molecule has 8 aromatic rings. The number of aryl methyl sites for hydroxylation is 1. The molecule has 4 heterocycles. The molecule has 0 saturated carbocycles. The minimum atomic E-state index is -1.58. The van der Waals surface area contributed by atoms with Gasteiger partial charge in [0.15, 0.2) is 5.82 Å². The van der Waals surface area contributed by atoms with Gasteiger partial charge in [-0.25, -0.2) is 14.5 Å². The lowest BCUT2D eigenvalue weighted by atomic mass is 9.77. The zero-order chi connectivity index (χ0) is 43.8. The van der Waals surface area contributed by atoms with Crippen molar-refractivity contribution < 1.29 is 14.7 Å². The van der Waals surface area contributed by atoms with Crippen molar-refractivity contribution in [2.75, 3.05) is 6.54 Å². The third-order valence-electron chi connectivity index (χ3n) is 13.4. The van der Waals surface area contributed by atoms with Gasteiger partial charge in [-0.1, -0.05) is 166 Å². The molecule has 0 radical (unpaired) electrons. The summed E-state index contributed by atoms with van der Waals surface area (Å²) in [6.45, 7) is 5.05. The van der Waals surface area contributed by atoms with Gasteiger partial charge in [0.05, 0.1) is 17.4 Å². The van der Waals surface area contributed by atoms with E-state index in [-0.39, 0.29) is 17.5 Å². The Morgan fingerprint density at radius 3 is 2.05 bits per heavy atom. The Balaban J connectivity index is 1.03. The molecule has 11 heteroatoms. The van der Waals surface area contributed by atoms with Crippen LogP contribution in [-0.4, -0.2) is 58.5 Å². The van der Waals surface area contributed by atoms with Gasteiger partial charge in [-0.05, 0) is 80.8 Å². The molecule has 2 saturated heterocycles. The fourth-order valence-corrected chi connectivity index (χ4v) is 10.2. The molecule has 2 aliphatic rings. The highest BCUT2D eigenvalue weighted by atomic mass is 16.7. The second kappa shape index (κ2) is 16.9. The van der Waals surface area contributed by atoms with Crippen molar-refractivity contribution in [3.05, 3.63) is 202 Å². The molecule has 0 spiro atoms. The number of carbonyl (C=O) groups is 1. The molecule has 320 valence electrons. The first kappa shape index (κ1) is 41.0. The molecule has 3 unspecified atom stereocenters. The molecule has 0 amide bonds. The van der Waals surface area contributed by atoms with Crippen LogP contribution in [0.1, 0.15) is 73.2 Å². The SMILES string of the molecule is CCCCc1nc2ccc(C3(C(=O)O)ON4CCCC4C3C)cc2c(=O)n1Cc1ccc(-c2ccccc2-c2nnnn2C(c2ccccc2)(c2ccccc2)c2ccccc2)cc1. The van der Waals surface area contributed by atoms with Crippen LogP contribution in [0.5, 0.6) is 0 Å². The molecule has 0 aliphatic carbocycles. The van der Waals surface area contributed by atoms with E-state index in [1.807, 2.05) is 83.4 Å². The second-order valence-corrected chi connectivity index (χ2v) is 17.0. The third-order valence-corrected chi connectivity index (χ3v) is 13.4. The van der Waals surface area contributed by atoms with Crippen molar-refractivity contribution in [3.8, 4) is 22.5 Å². The highest BCUT2D eigenvalue weighted by Crippen LogP contribution is 2.49. The summed E-state index contributed by atoms with van der Waals surface area (Å²) >= 11 is 0. The summed E-state index contributed by atoms with van der Waals surface area (Å²) in [5.41, 5.74) is 5.05. The largest absolute Gasteiger partial charge is 0.479 e. The number of unbranched alkanes of at least 4 members (excludes halogenated alkanes) is 1. The van der Waals surface area contributed by atoms with Crippen LogP contribution in [0, 0.1) is 5.92 Å². The van der Waals surface area contributed by atoms with Crippen LogP contribution in [0.15, 0.2) is 163 Å². The number of tetrazole rings is 1. The minimum Gasteiger partial charge on any atom is -0.479 e. The fraction of sp³-hybridized carbons (Fsp3) is 0.245. The van der Waals surface area contributed by atoms with E-state index in [0.717, 1.165) is 64.6 Å². The first-order valence-corrected chi connectivity index (χ1v) is 22.2. The first-order chi connectivity index (χ1) is 31.3. The highest BCUT2D eigenvalue weighted by Gasteiger charge is 2.59. The van der Waals surface area contributed by atoms with Crippen LogP contribution in [0.3, 0.4) is 0 Å². The van der Waals surface area contributed by atoms with E-state index >= 15 is 0 Å². The number of nitrogens with zero attached hydrogens (tertiary/aromatic N) is 7. The van der Waals surface area contributed by atoms with Crippen molar-refractivity contribution in [2.45, 2.75) is 69.7 Å². The molecule has 11 nitrogen and oxygen atoms in total. The quantitative estimate of drug-likeness (QED) is 0.113. The Labute approximate surface area is 371 Å². The molecule has 2 aliphatic heterocycles. The third kappa shape index (κ3) is 6.74. The molecule has 6 aromatic carbocycles. The Hall–Kier alpha value is -7.08. The number of carboxylic acids is 1. The number of rotatable bonds is 13. The van der Waals surface area contributed by atoms with Crippen molar-refractivity contribution in [3.63, 3.8) is 0 Å². The summed E-state index contributed by atoms with van der Waals surface area (Å²) in [6.07, 6.45) is 4.29. The summed E-state index contributed by atoms with van der Waals surface area (Å²) < 4.78 is 3.70. The zero-order valence-electron chi connectivity index (χ0n) is 35.9. The highest BCUT2D eigenvalue weighted by molar-refractivity contribution is 5.85. The van der Waals surface area contributed by atoms with Crippen molar-refractivity contribution in [1.82, 2.24) is 34.8 Å². The Kier molecular flexibility index (Phi) is 10.8. The maximum Gasteiger partial charge on any atom is 0.343 e. The van der Waals surface area contributed by atoms with Gasteiger partial charge in [-0.2, -0.15) is 5.06 Å². The molecular formula is C53H49N7O4. The lowest BCUT2D eigenvalue weighted by Crippen LogP contribution is -2.42. The number of fused-ring (bicyclic) bond motifs is 2. The number of hydroxylamine groups is 2. The van der Waals surface area contributed by atoms with E-state index in [4.69, 9.17) is 20.1 Å². The van der Waals surface area contributed by atoms with Crippen LogP contribution in [0.4, 0.5) is 0 Å². The molecule has 1 N–H and O–H groups in total. The topological polar surface area (TPSA) is 128 Å². The van der Waals surface area contributed by atoms with Crippen LogP contribution < -0.4 is 5.56 Å². The lowest BCUT2D eigenvalue weighted by Gasteiger charge is -2.36. The summed E-state index contributed by atoms with van der Waals surface area (Å²) in [4.78, 5) is 39.0. The van der Waals surface area contributed by atoms with Crippen molar-refractivity contribution in [1.29, 1.82) is 0 Å². The van der Waals surface area contributed by atoms with Crippen LogP contribution in [-0.2, 0) is 33.7 Å². The monoisotopic (exact) mass is 847 g/mol. The van der Waals surface area contributed by atoms with Gasteiger partial charge in [-0.15, -0.1) is 5.10 Å². The van der Waals surface area contributed by atoms with Gasteiger partial charge in [0.25, 0.3) is 5.56 Å². The number of hydrogen-bond donors (Lipinski definition) is 1. The summed E-state index contributed by atoms with van der Waals surface area (Å²) in [5, 5.41) is 26.7. The number of aromatic nitrogens is 6. The first-order valence-electron chi connectivity index (χ1n) is 22.2. The van der Waals surface area contributed by atoms with Crippen LogP contribution in [0.2, 0.25) is 0 Å². The van der Waals surface area contributed by atoms with Gasteiger partial charge in [0, 0.05) is 30.5 Å². The van der Waals surface area contributed by atoms with Crippen molar-refractivity contribution in [2.24, 2.45) is 5.92 Å². The van der Waals surface area contributed by atoms with Gasteiger partial charge >= 0.3 is 5.97 Å². The smallest absolute Gasteiger partial charge is 0.343 e. The van der Waals surface area contributed by atoms with Gasteiger partial charge in [-0.3, -0.25) is 14.2 Å². The molecule has 0 bridgehead atoms. The normalized spacial score (nSPS) is 18.7. The van der Waals surface area contributed by atoms with Crippen LogP contribution >= 0.6 is 0 Å². The average molecular weight is 848 g/mol. The van der Waals surface area contributed by atoms with Crippen molar-refractivity contribution >= 4 is 16.9 Å². The number of hydrogen-bond acceptors (Lipinski definition) is 8. The number of carboxylic acid groups (broad SMARTS) is 1. The van der Waals surface area contributed by atoms with E-state index in [1.54, 1.807) is 22.8 Å². The van der Waals surface area contributed by atoms with Crippen LogP contribution in [0.25, 0.3) is 33.4 Å². The maximum absolute atomic E-state index is 14.6. The molecule has 10 rings (SSSR count). The molecule has 2 aromatic heterocycles. The molecular weight excluding hydrogens is 799 g/mol. The number of benzene rings is 6. The Bertz CT molecular complexity index is 2910. The standard InChI is InChI=1S/C53H49N7O4/c1-3-4-26-48-54-46-32-31-42(53(51(62)63)36(2)47-25-16-33-59(47)64-53)34-45(46)50(61)58(48)35-37-27-29-38(30-28-37)43-23-14-15-24-44(43)49-55-56-57-60(49)52(39-17-8-5-9-18-39,40-19-10-6-11-20-40)41-21-12-7-13-22-41/h5-15,17-24,27-32,34,36,47H,3-4,16,25-26,33,35H2,1-2H3,(H,62,63). The minimum absolute atomic E-state index is 0.00875. The van der Waals surface area contributed by atoms with E-state index in [9.17, 15) is 14.7 Å². The summed E-state index contributed by atoms with van der Waals surface area (Å²) in [6, 6.07) is 52.7. The predicted molar refractivity (Wildman–Crippen MR) is 246 cm³/mol. The van der Waals surface area contributed by atoms with Gasteiger partial charge in [0.2, 0.25) is 5.60 Å². The predicted octanol–water partition coefficient (Wildman–Crippen LogP) is 9.27. The van der Waals surface area contributed by atoms with E-state index in [0.29, 0.717) is 47.6 Å². The Morgan fingerprint density at radius 1 is 0.812 bits per heavy atom. The maximum atomic E-state index is 14.6. The fourth-order valence-electron chi connectivity index (χ4n) is 10.2. The molecule has 64 heavy (non-hydrogen) atoms. The van der Waals surface area contributed by atoms with E-state index in [2.05, 4.69) is 84.9 Å². The molecule has 2 fully saturated rings. The number of aliphatic carboxylic acids is 1. The zero-order valence-corrected chi connectivity index (χ0v) is 35.9. The lowest BCUT2D eigenvalue weighted by molar-refractivity contribution is -0.217. The Morgan fingerprint density at radius 2 is 1.44 bits per heavy atom. The van der Waals surface area contributed by atoms with Gasteiger partial charge in [0.1, 0.15) is 11.4 Å². The molecule has 3 atom stereocenters. The van der Waals surface area contributed by atoms with Gasteiger partial charge < -0.3 is 5.11 Å². The summed E-state index contributed by atoms with van der Waals surface area (Å²) in [7, 11) is 0.